The van der Waals surface area contributed by atoms with E-state index in [2.05, 4.69) is 6.07 Å². The monoisotopic (exact) mass is 222 g/mol. The zero-order chi connectivity index (χ0) is 10.8. The molecule has 0 saturated carbocycles. The number of anilines is 1. The number of benzene rings is 1. The van der Waals surface area contributed by atoms with Crippen LogP contribution in [0.25, 0.3) is 0 Å². The summed E-state index contributed by atoms with van der Waals surface area (Å²) in [4.78, 5) is 2.01. The Labute approximate surface area is 93.5 Å². The van der Waals surface area contributed by atoms with E-state index in [1.807, 2.05) is 11.0 Å². The molecule has 1 aromatic carbocycles. The highest BCUT2D eigenvalue weighted by atomic mass is 35.5. The topological polar surface area (TPSA) is 47.3 Å². The van der Waals surface area contributed by atoms with Crippen LogP contribution in [-0.4, -0.2) is 24.3 Å². The molecule has 4 heteroatoms. The van der Waals surface area contributed by atoms with Crippen LogP contribution >= 0.6 is 11.6 Å². The summed E-state index contributed by atoms with van der Waals surface area (Å²) in [6.45, 7) is 1.38. The summed E-state index contributed by atoms with van der Waals surface area (Å²) in [5.41, 5.74) is 1.43. The van der Waals surface area contributed by atoms with Crippen LogP contribution < -0.4 is 4.90 Å². The Morgan fingerprint density at radius 1 is 1.53 bits per heavy atom. The molecule has 0 bridgehead atoms. The first kappa shape index (κ1) is 10.3. The number of halogens is 1. The standard InChI is InChI=1S/C11H11ClN2O/c12-9-1-2-11(8(5-9)6-13)14-4-3-10(15)7-14/h1-2,5,10,15H,3-4,7H2/t10-/m0/s1. The van der Waals surface area contributed by atoms with E-state index in [4.69, 9.17) is 16.9 Å². The first-order valence-corrected chi connectivity index (χ1v) is 5.21. The van der Waals surface area contributed by atoms with Crippen molar-refractivity contribution in [1.82, 2.24) is 0 Å². The summed E-state index contributed by atoms with van der Waals surface area (Å²) in [7, 11) is 0. The molecule has 0 unspecified atom stereocenters. The Balaban J connectivity index is 2.32. The fourth-order valence-corrected chi connectivity index (χ4v) is 2.01. The minimum atomic E-state index is -0.285. The van der Waals surface area contributed by atoms with E-state index in [9.17, 15) is 5.11 Å². The number of aliphatic hydroxyl groups is 1. The van der Waals surface area contributed by atoms with Crippen LogP contribution in [0.15, 0.2) is 18.2 Å². The molecule has 3 nitrogen and oxygen atoms in total. The van der Waals surface area contributed by atoms with Crippen molar-refractivity contribution in [2.24, 2.45) is 0 Å². The third kappa shape index (κ3) is 2.06. The summed E-state index contributed by atoms with van der Waals surface area (Å²) >= 11 is 5.81. The predicted octanol–water partition coefficient (Wildman–Crippen LogP) is 1.78. The van der Waals surface area contributed by atoms with Crippen molar-refractivity contribution in [3.63, 3.8) is 0 Å². The Kier molecular flexibility index (Phi) is 2.81. The molecule has 0 aliphatic carbocycles. The molecule has 0 spiro atoms. The van der Waals surface area contributed by atoms with Gasteiger partial charge in [0.05, 0.1) is 17.4 Å². The van der Waals surface area contributed by atoms with Crippen molar-refractivity contribution in [3.8, 4) is 6.07 Å². The summed E-state index contributed by atoms with van der Waals surface area (Å²) in [5, 5.41) is 19.0. The maximum absolute atomic E-state index is 9.43. The number of nitriles is 1. The van der Waals surface area contributed by atoms with E-state index in [1.54, 1.807) is 12.1 Å². The van der Waals surface area contributed by atoms with Gasteiger partial charge in [0.1, 0.15) is 6.07 Å². The van der Waals surface area contributed by atoms with Crippen LogP contribution in [0.3, 0.4) is 0 Å². The minimum Gasteiger partial charge on any atom is -0.391 e. The van der Waals surface area contributed by atoms with Gasteiger partial charge < -0.3 is 10.0 Å². The lowest BCUT2D eigenvalue weighted by atomic mass is 10.2. The highest BCUT2D eigenvalue weighted by Gasteiger charge is 2.22. The average Bonchev–Trinajstić information content (AvgIpc) is 2.64. The van der Waals surface area contributed by atoms with Crippen molar-refractivity contribution >= 4 is 17.3 Å². The van der Waals surface area contributed by atoms with Gasteiger partial charge in [0.2, 0.25) is 0 Å². The molecule has 1 heterocycles. The summed E-state index contributed by atoms with van der Waals surface area (Å²) in [5.74, 6) is 0. The lowest BCUT2D eigenvalue weighted by molar-refractivity contribution is 0.198. The summed E-state index contributed by atoms with van der Waals surface area (Å²) < 4.78 is 0. The van der Waals surface area contributed by atoms with E-state index >= 15 is 0 Å². The molecule has 2 rings (SSSR count). The number of hydrogen-bond donors (Lipinski definition) is 1. The smallest absolute Gasteiger partial charge is 0.101 e. The van der Waals surface area contributed by atoms with Gasteiger partial charge in [-0.15, -0.1) is 0 Å². The van der Waals surface area contributed by atoms with Crippen molar-refractivity contribution in [2.45, 2.75) is 12.5 Å². The van der Waals surface area contributed by atoms with E-state index in [1.165, 1.54) is 0 Å². The minimum absolute atomic E-state index is 0.285. The zero-order valence-electron chi connectivity index (χ0n) is 8.15. The second-order valence-corrected chi connectivity index (χ2v) is 4.10. The van der Waals surface area contributed by atoms with E-state index < -0.39 is 0 Å². The van der Waals surface area contributed by atoms with Gasteiger partial charge in [-0.1, -0.05) is 11.6 Å². The first-order chi connectivity index (χ1) is 7.20. The molecule has 1 N–H and O–H groups in total. The van der Waals surface area contributed by atoms with E-state index in [-0.39, 0.29) is 6.10 Å². The van der Waals surface area contributed by atoms with Gasteiger partial charge in [-0.3, -0.25) is 0 Å². The van der Waals surface area contributed by atoms with Crippen molar-refractivity contribution in [2.75, 3.05) is 18.0 Å². The Morgan fingerprint density at radius 2 is 2.33 bits per heavy atom. The van der Waals surface area contributed by atoms with Gasteiger partial charge in [0.25, 0.3) is 0 Å². The van der Waals surface area contributed by atoms with Crippen LogP contribution in [-0.2, 0) is 0 Å². The molecule has 1 fully saturated rings. The molecule has 1 atom stereocenters. The molecule has 1 aliphatic rings. The Hall–Kier alpha value is -1.24. The molecule has 0 amide bonds. The van der Waals surface area contributed by atoms with Gasteiger partial charge in [-0.2, -0.15) is 5.26 Å². The second-order valence-electron chi connectivity index (χ2n) is 3.66. The predicted molar refractivity (Wildman–Crippen MR) is 59.0 cm³/mol. The first-order valence-electron chi connectivity index (χ1n) is 4.83. The third-order valence-electron chi connectivity index (χ3n) is 2.58. The van der Waals surface area contributed by atoms with E-state index in [0.717, 1.165) is 18.7 Å². The molecule has 1 saturated heterocycles. The summed E-state index contributed by atoms with van der Waals surface area (Å²) in [6, 6.07) is 7.37. The van der Waals surface area contributed by atoms with Crippen LogP contribution in [0.5, 0.6) is 0 Å². The van der Waals surface area contributed by atoms with Crippen molar-refractivity contribution in [3.05, 3.63) is 28.8 Å². The quantitative estimate of drug-likeness (QED) is 0.788. The van der Waals surface area contributed by atoms with Gasteiger partial charge in [0, 0.05) is 18.1 Å². The number of nitrogens with zero attached hydrogens (tertiary/aromatic N) is 2. The fourth-order valence-electron chi connectivity index (χ4n) is 1.83. The molecular formula is C11H11ClN2O. The van der Waals surface area contributed by atoms with Crippen molar-refractivity contribution < 1.29 is 5.11 Å². The molecule has 0 aromatic heterocycles. The average molecular weight is 223 g/mol. The van der Waals surface area contributed by atoms with Crippen LogP contribution in [0, 0.1) is 11.3 Å². The van der Waals surface area contributed by atoms with Gasteiger partial charge in [0.15, 0.2) is 0 Å². The zero-order valence-corrected chi connectivity index (χ0v) is 8.91. The number of β-amino-alcohol motifs (C(OH)–C–C–N with tert-alkyl or cyclic N) is 1. The molecule has 1 aliphatic heterocycles. The number of rotatable bonds is 1. The normalized spacial score (nSPS) is 20.3. The van der Waals surface area contributed by atoms with Crippen LogP contribution in [0.2, 0.25) is 5.02 Å². The molecular weight excluding hydrogens is 212 g/mol. The fraction of sp³-hybridized carbons (Fsp3) is 0.364. The Bertz CT molecular complexity index is 414. The van der Waals surface area contributed by atoms with Crippen molar-refractivity contribution in [1.29, 1.82) is 5.26 Å². The lowest BCUT2D eigenvalue weighted by Gasteiger charge is -2.19. The van der Waals surface area contributed by atoms with E-state index in [0.29, 0.717) is 17.1 Å². The SMILES string of the molecule is N#Cc1cc(Cl)ccc1N1CC[C@H](O)C1. The molecule has 15 heavy (non-hydrogen) atoms. The second kappa shape index (κ2) is 4.09. The number of aliphatic hydroxyl groups excluding tert-OH is 1. The Morgan fingerprint density at radius 3 is 2.93 bits per heavy atom. The van der Waals surface area contributed by atoms with Crippen LogP contribution in [0.1, 0.15) is 12.0 Å². The highest BCUT2D eigenvalue weighted by Crippen LogP contribution is 2.26. The number of hydrogen-bond acceptors (Lipinski definition) is 3. The largest absolute Gasteiger partial charge is 0.391 e. The highest BCUT2D eigenvalue weighted by molar-refractivity contribution is 6.30. The molecule has 78 valence electrons. The van der Waals surface area contributed by atoms with Gasteiger partial charge in [-0.05, 0) is 24.6 Å². The third-order valence-corrected chi connectivity index (χ3v) is 2.82. The van der Waals surface area contributed by atoms with Gasteiger partial charge in [-0.25, -0.2) is 0 Å². The summed E-state index contributed by atoms with van der Waals surface area (Å²) in [6.07, 6.45) is 0.472. The molecule has 1 aromatic rings. The molecule has 0 radical (unpaired) electrons. The maximum atomic E-state index is 9.43. The lowest BCUT2D eigenvalue weighted by Crippen LogP contribution is -2.21. The van der Waals surface area contributed by atoms with Gasteiger partial charge >= 0.3 is 0 Å². The van der Waals surface area contributed by atoms with Crippen LogP contribution in [0.4, 0.5) is 5.69 Å². The maximum Gasteiger partial charge on any atom is 0.101 e.